The minimum atomic E-state index is -0.348. The molecule has 8 nitrogen and oxygen atoms in total. The molecule has 2 aromatic heterocycles. The van der Waals surface area contributed by atoms with Gasteiger partial charge in [0.15, 0.2) is 11.2 Å². The van der Waals surface area contributed by atoms with Crippen LogP contribution in [0.2, 0.25) is 10.0 Å². The number of likely N-dealkylation sites (tertiary alicyclic amines) is 1. The highest BCUT2D eigenvalue weighted by Gasteiger charge is 2.29. The molecule has 0 saturated carbocycles. The van der Waals surface area contributed by atoms with Crippen LogP contribution in [0.3, 0.4) is 0 Å². The van der Waals surface area contributed by atoms with Crippen molar-refractivity contribution in [2.75, 3.05) is 13.1 Å². The van der Waals surface area contributed by atoms with Crippen molar-refractivity contribution < 1.29 is 4.79 Å². The quantitative estimate of drug-likeness (QED) is 0.613. The van der Waals surface area contributed by atoms with Crippen molar-refractivity contribution in [1.82, 2.24) is 29.9 Å². The van der Waals surface area contributed by atoms with Gasteiger partial charge in [-0.2, -0.15) is 0 Å². The van der Waals surface area contributed by atoms with Crippen molar-refractivity contribution >= 4 is 40.3 Å². The topological polar surface area (TPSA) is 96.8 Å². The number of amides is 1. The molecule has 1 atom stereocenters. The number of hydrogen-bond acceptors (Lipinski definition) is 5. The van der Waals surface area contributed by atoms with E-state index in [1.165, 1.54) is 4.68 Å². The molecule has 0 radical (unpaired) electrons. The first-order chi connectivity index (χ1) is 15.1. The SMILES string of the molecule is CC(C)(C)CC(=O)N1CCC[C@H](c2nc3c(nnn3Cc3c(Cl)cccc3Cl)c(=O)[nH]2)C1. The second-order valence-corrected chi connectivity index (χ2v) is 10.3. The molecular weight excluding hydrogens is 451 g/mol. The molecule has 32 heavy (non-hydrogen) atoms. The third kappa shape index (κ3) is 4.81. The van der Waals surface area contributed by atoms with E-state index in [0.29, 0.717) is 40.0 Å². The molecule has 1 saturated heterocycles. The number of fused-ring (bicyclic) bond motifs is 1. The Balaban J connectivity index is 1.63. The number of aromatic nitrogens is 5. The van der Waals surface area contributed by atoms with Crippen molar-refractivity contribution in [3.63, 3.8) is 0 Å². The molecule has 0 bridgehead atoms. The predicted octanol–water partition coefficient (Wildman–Crippen LogP) is 4.01. The number of nitrogens with one attached hydrogen (secondary N) is 1. The van der Waals surface area contributed by atoms with E-state index in [9.17, 15) is 9.59 Å². The van der Waals surface area contributed by atoms with Gasteiger partial charge in [0.1, 0.15) is 5.82 Å². The van der Waals surface area contributed by atoms with E-state index in [-0.39, 0.29) is 34.9 Å². The number of benzene rings is 1. The molecule has 3 aromatic rings. The maximum absolute atomic E-state index is 12.7. The third-order valence-corrected chi connectivity index (χ3v) is 6.31. The van der Waals surface area contributed by atoms with Crippen molar-refractivity contribution in [3.8, 4) is 0 Å². The van der Waals surface area contributed by atoms with Crippen LogP contribution in [0.25, 0.3) is 11.2 Å². The average Bonchev–Trinajstić information content (AvgIpc) is 3.13. The van der Waals surface area contributed by atoms with E-state index < -0.39 is 0 Å². The molecule has 1 aromatic carbocycles. The molecule has 0 spiro atoms. The summed E-state index contributed by atoms with van der Waals surface area (Å²) in [6.07, 6.45) is 2.18. The minimum absolute atomic E-state index is 0.0583. The Morgan fingerprint density at radius 2 is 1.97 bits per heavy atom. The lowest BCUT2D eigenvalue weighted by atomic mass is 9.90. The molecule has 1 amide bonds. The summed E-state index contributed by atoms with van der Waals surface area (Å²) in [6, 6.07) is 5.27. The van der Waals surface area contributed by atoms with Gasteiger partial charge in [-0.1, -0.05) is 55.3 Å². The number of carbonyl (C=O) groups excluding carboxylic acids is 1. The maximum Gasteiger partial charge on any atom is 0.281 e. The van der Waals surface area contributed by atoms with Gasteiger partial charge in [0.05, 0.1) is 6.54 Å². The molecule has 4 rings (SSSR count). The Hall–Kier alpha value is -2.45. The fourth-order valence-electron chi connectivity index (χ4n) is 4.01. The average molecular weight is 477 g/mol. The van der Waals surface area contributed by atoms with Gasteiger partial charge in [0.2, 0.25) is 5.91 Å². The second-order valence-electron chi connectivity index (χ2n) is 9.49. The van der Waals surface area contributed by atoms with E-state index in [1.807, 2.05) is 4.90 Å². The molecule has 1 fully saturated rings. The van der Waals surface area contributed by atoms with Gasteiger partial charge in [-0.25, -0.2) is 9.67 Å². The van der Waals surface area contributed by atoms with Crippen molar-refractivity contribution in [2.24, 2.45) is 5.41 Å². The summed E-state index contributed by atoms with van der Waals surface area (Å²) >= 11 is 12.6. The van der Waals surface area contributed by atoms with Gasteiger partial charge < -0.3 is 9.88 Å². The summed E-state index contributed by atoms with van der Waals surface area (Å²) in [6.45, 7) is 7.66. The number of hydrogen-bond donors (Lipinski definition) is 1. The van der Waals surface area contributed by atoms with Gasteiger partial charge in [-0.3, -0.25) is 9.59 Å². The highest BCUT2D eigenvalue weighted by Crippen LogP contribution is 2.28. The van der Waals surface area contributed by atoms with Gasteiger partial charge in [-0.05, 0) is 30.4 Å². The summed E-state index contributed by atoms with van der Waals surface area (Å²) < 4.78 is 1.53. The van der Waals surface area contributed by atoms with Gasteiger partial charge >= 0.3 is 0 Å². The molecule has 3 heterocycles. The zero-order valence-corrected chi connectivity index (χ0v) is 19.9. The van der Waals surface area contributed by atoms with Crippen molar-refractivity contribution in [3.05, 3.63) is 50.0 Å². The first-order valence-corrected chi connectivity index (χ1v) is 11.4. The molecule has 1 aliphatic rings. The number of halogens is 2. The third-order valence-electron chi connectivity index (χ3n) is 5.60. The molecule has 0 aliphatic carbocycles. The second kappa shape index (κ2) is 8.83. The summed E-state index contributed by atoms with van der Waals surface area (Å²) in [5.41, 5.74) is 0.794. The number of piperidine rings is 1. The predicted molar refractivity (Wildman–Crippen MR) is 124 cm³/mol. The van der Waals surface area contributed by atoms with Crippen LogP contribution in [0.1, 0.15) is 57.3 Å². The summed E-state index contributed by atoms with van der Waals surface area (Å²) in [7, 11) is 0. The Kier molecular flexibility index (Phi) is 6.27. The molecule has 0 unspecified atom stereocenters. The van der Waals surface area contributed by atoms with Crippen LogP contribution in [0.5, 0.6) is 0 Å². The lowest BCUT2D eigenvalue weighted by molar-refractivity contribution is -0.134. The molecule has 10 heteroatoms. The van der Waals surface area contributed by atoms with E-state index in [2.05, 4.69) is 36.1 Å². The van der Waals surface area contributed by atoms with E-state index >= 15 is 0 Å². The number of H-pyrrole nitrogens is 1. The number of nitrogens with zero attached hydrogens (tertiary/aromatic N) is 5. The molecule has 1 N–H and O–H groups in total. The van der Waals surface area contributed by atoms with Crippen LogP contribution in [0, 0.1) is 5.41 Å². The van der Waals surface area contributed by atoms with Gasteiger partial charge in [0.25, 0.3) is 5.56 Å². The molecule has 1 aliphatic heterocycles. The van der Waals surface area contributed by atoms with E-state index in [0.717, 1.165) is 19.4 Å². The zero-order valence-electron chi connectivity index (χ0n) is 18.4. The Labute approximate surface area is 195 Å². The van der Waals surface area contributed by atoms with Gasteiger partial charge in [-0.15, -0.1) is 5.10 Å². The van der Waals surface area contributed by atoms with Crippen LogP contribution < -0.4 is 5.56 Å². The number of carbonyl (C=O) groups is 1. The summed E-state index contributed by atoms with van der Waals surface area (Å²) in [5.74, 6) is 0.618. The van der Waals surface area contributed by atoms with Crippen LogP contribution in [-0.4, -0.2) is 48.9 Å². The standard InChI is InChI=1S/C22H26Cl2N6O2/c1-22(2,3)10-17(31)29-9-5-6-13(11-29)19-25-20-18(21(32)26-19)27-28-30(20)12-14-15(23)7-4-8-16(14)24/h4,7-8,13H,5-6,9-12H2,1-3H3,(H,25,26,32)/t13-/m0/s1. The molecular formula is C22H26Cl2N6O2. The summed E-state index contributed by atoms with van der Waals surface area (Å²) in [4.78, 5) is 34.9. The van der Waals surface area contributed by atoms with E-state index in [4.69, 9.17) is 28.2 Å². The van der Waals surface area contributed by atoms with E-state index in [1.54, 1.807) is 18.2 Å². The fraction of sp³-hybridized carbons (Fsp3) is 0.500. The van der Waals surface area contributed by atoms with Crippen LogP contribution in [0.15, 0.2) is 23.0 Å². The first-order valence-electron chi connectivity index (χ1n) is 10.7. The smallest absolute Gasteiger partial charge is 0.281 e. The first kappa shape index (κ1) is 22.7. The monoisotopic (exact) mass is 476 g/mol. The largest absolute Gasteiger partial charge is 0.342 e. The maximum atomic E-state index is 12.7. The van der Waals surface area contributed by atoms with Crippen LogP contribution in [0.4, 0.5) is 0 Å². The minimum Gasteiger partial charge on any atom is -0.342 e. The Bertz CT molecular complexity index is 1190. The summed E-state index contributed by atoms with van der Waals surface area (Å²) in [5, 5.41) is 9.12. The van der Waals surface area contributed by atoms with Crippen LogP contribution >= 0.6 is 23.2 Å². The lowest BCUT2D eigenvalue weighted by Crippen LogP contribution is -2.41. The fourth-order valence-corrected chi connectivity index (χ4v) is 4.53. The normalized spacial score (nSPS) is 17.2. The van der Waals surface area contributed by atoms with Crippen molar-refractivity contribution in [1.29, 1.82) is 0 Å². The van der Waals surface area contributed by atoms with Crippen LogP contribution in [-0.2, 0) is 11.3 Å². The number of rotatable bonds is 4. The Morgan fingerprint density at radius 1 is 1.25 bits per heavy atom. The Morgan fingerprint density at radius 3 is 2.66 bits per heavy atom. The highest BCUT2D eigenvalue weighted by molar-refractivity contribution is 6.36. The van der Waals surface area contributed by atoms with Gasteiger partial charge in [0, 0.05) is 41.0 Å². The van der Waals surface area contributed by atoms with Crippen molar-refractivity contribution in [2.45, 2.75) is 52.5 Å². The zero-order chi connectivity index (χ0) is 23.0. The highest BCUT2D eigenvalue weighted by atomic mass is 35.5. The lowest BCUT2D eigenvalue weighted by Gasteiger charge is -2.34. The molecule has 170 valence electrons. The number of aromatic amines is 1.